The molecule has 0 radical (unpaired) electrons. The Hall–Kier alpha value is -1.78. The Bertz CT molecular complexity index is 1120. The molecule has 5 unspecified atom stereocenters. The van der Waals surface area contributed by atoms with Gasteiger partial charge in [-0.1, -0.05) is 51.8 Å². The monoisotopic (exact) mass is 617 g/mol. The molecular formula is C35H59N3O6. The van der Waals surface area contributed by atoms with Crippen LogP contribution >= 0.6 is 0 Å². The van der Waals surface area contributed by atoms with Crippen LogP contribution in [-0.2, 0) is 23.7 Å². The molecule has 4 rings (SSSR count). The van der Waals surface area contributed by atoms with E-state index < -0.39 is 28.9 Å². The van der Waals surface area contributed by atoms with Crippen LogP contribution in [-0.4, -0.2) is 90.8 Å². The second-order valence-corrected chi connectivity index (χ2v) is 15.9. The number of hydrogen-bond donors (Lipinski definition) is 1. The number of fused-ring (bicyclic) bond motifs is 1. The van der Waals surface area contributed by atoms with Crippen molar-refractivity contribution in [3.63, 3.8) is 0 Å². The maximum Gasteiger partial charge on any atom is 0.410 e. The average Bonchev–Trinajstić information content (AvgIpc) is 3.14. The van der Waals surface area contributed by atoms with E-state index in [0.717, 1.165) is 44.3 Å². The van der Waals surface area contributed by atoms with Crippen molar-refractivity contribution in [1.29, 1.82) is 0 Å². The zero-order valence-electron chi connectivity index (χ0n) is 29.0. The lowest BCUT2D eigenvalue weighted by Crippen LogP contribution is -2.68. The van der Waals surface area contributed by atoms with Gasteiger partial charge in [0.15, 0.2) is 11.6 Å². The van der Waals surface area contributed by atoms with Gasteiger partial charge in [-0.2, -0.15) is 0 Å². The van der Waals surface area contributed by atoms with E-state index in [4.69, 9.17) is 24.7 Å². The minimum absolute atomic E-state index is 0.0100. The minimum Gasteiger partial charge on any atom is -0.439 e. The fraction of sp³-hybridized carbons (Fsp3) is 0.829. The molecule has 9 heteroatoms. The molecule has 44 heavy (non-hydrogen) atoms. The van der Waals surface area contributed by atoms with Crippen molar-refractivity contribution in [1.82, 2.24) is 9.80 Å². The van der Waals surface area contributed by atoms with Gasteiger partial charge < -0.3 is 29.6 Å². The quantitative estimate of drug-likeness (QED) is 0.403. The molecule has 1 amide bonds. The number of likely N-dealkylation sites (tertiary alicyclic amines) is 1. The number of amides is 1. The Labute approximate surface area is 265 Å². The number of piperidine rings is 1. The number of carbonyl (C=O) groups is 2. The summed E-state index contributed by atoms with van der Waals surface area (Å²) >= 11 is 0. The normalized spacial score (nSPS) is 35.8. The molecule has 0 aromatic carbocycles. The Balaban J connectivity index is 1.61. The summed E-state index contributed by atoms with van der Waals surface area (Å²) in [5.41, 5.74) is 5.41. The predicted molar refractivity (Wildman–Crippen MR) is 172 cm³/mol. The Morgan fingerprint density at radius 2 is 1.80 bits per heavy atom. The molecule has 2 fully saturated rings. The number of rotatable bonds is 4. The number of nitrogens with two attached hydrogens (primary N) is 1. The number of Topliss-reactive ketones (excluding diaryl/α,β-unsaturated/α-hetero) is 1. The lowest BCUT2D eigenvalue weighted by atomic mass is 9.55. The van der Waals surface area contributed by atoms with Gasteiger partial charge in [0.1, 0.15) is 6.10 Å². The standard InChI is InChI=1S/C35H59N3O6/c1-24-21-34-17-11-13-25(2)32(6,7)27(28(34)39)14-12-20-41-33(8,9)42-22-35(34,36)29(24)44-30(40)37(10)26-15-18-38(19-16-26)23-43-31(3,4)5/h12,14,21,25-27,29H,11,13,15-20,22-23,36H2,1-10H3/b14-12+. The molecule has 4 aliphatic rings. The average molecular weight is 618 g/mol. The number of ether oxygens (including phenoxy) is 4. The maximum atomic E-state index is 14.9. The second kappa shape index (κ2) is 12.8. The highest BCUT2D eigenvalue weighted by Gasteiger charge is 2.65. The fourth-order valence-corrected chi connectivity index (χ4v) is 7.52. The minimum atomic E-state index is -1.30. The second-order valence-electron chi connectivity index (χ2n) is 15.9. The van der Waals surface area contributed by atoms with Gasteiger partial charge in [-0.05, 0) is 77.7 Å². The molecule has 2 aliphatic heterocycles. The van der Waals surface area contributed by atoms with Crippen molar-refractivity contribution in [2.45, 2.75) is 123 Å². The van der Waals surface area contributed by atoms with Crippen LogP contribution in [0.1, 0.15) is 94.4 Å². The molecule has 0 aromatic rings. The summed E-state index contributed by atoms with van der Waals surface area (Å²) in [4.78, 5) is 32.7. The Morgan fingerprint density at radius 3 is 2.43 bits per heavy atom. The van der Waals surface area contributed by atoms with Crippen LogP contribution in [0, 0.1) is 22.7 Å². The Morgan fingerprint density at radius 1 is 1.14 bits per heavy atom. The summed E-state index contributed by atoms with van der Waals surface area (Å²) in [6.07, 6.45) is 8.78. The van der Waals surface area contributed by atoms with Crippen LogP contribution in [0.2, 0.25) is 0 Å². The highest BCUT2D eigenvalue weighted by atomic mass is 16.7. The van der Waals surface area contributed by atoms with Crippen LogP contribution in [0.15, 0.2) is 23.8 Å². The van der Waals surface area contributed by atoms with Crippen molar-refractivity contribution >= 4 is 11.9 Å². The van der Waals surface area contributed by atoms with Gasteiger partial charge in [-0.15, -0.1) is 0 Å². The molecule has 1 saturated carbocycles. The molecule has 2 bridgehead atoms. The largest absolute Gasteiger partial charge is 0.439 e. The van der Waals surface area contributed by atoms with Crippen molar-refractivity contribution in [3.8, 4) is 0 Å². The first-order valence-corrected chi connectivity index (χ1v) is 16.6. The van der Waals surface area contributed by atoms with Gasteiger partial charge in [-0.3, -0.25) is 9.69 Å². The smallest absolute Gasteiger partial charge is 0.410 e. The summed E-state index contributed by atoms with van der Waals surface area (Å²) in [5, 5.41) is 0. The maximum absolute atomic E-state index is 14.9. The van der Waals surface area contributed by atoms with E-state index >= 15 is 0 Å². The molecule has 1 saturated heterocycles. The third-order valence-electron chi connectivity index (χ3n) is 11.0. The molecule has 2 aliphatic carbocycles. The molecule has 9 nitrogen and oxygen atoms in total. The van der Waals surface area contributed by atoms with E-state index in [1.54, 1.807) is 11.9 Å². The summed E-state index contributed by atoms with van der Waals surface area (Å²) in [5.74, 6) is -0.906. The van der Waals surface area contributed by atoms with Gasteiger partial charge in [0.25, 0.3) is 0 Å². The number of nitrogens with zero attached hydrogens (tertiary/aromatic N) is 2. The van der Waals surface area contributed by atoms with Crippen LogP contribution in [0.3, 0.4) is 0 Å². The summed E-state index contributed by atoms with van der Waals surface area (Å²) < 4.78 is 24.7. The molecule has 2 heterocycles. The third-order valence-corrected chi connectivity index (χ3v) is 11.0. The van der Waals surface area contributed by atoms with E-state index in [1.807, 2.05) is 39.0 Å². The zero-order chi connectivity index (χ0) is 32.7. The van der Waals surface area contributed by atoms with E-state index in [1.165, 1.54) is 0 Å². The molecule has 0 aromatic heterocycles. The van der Waals surface area contributed by atoms with E-state index in [0.29, 0.717) is 25.7 Å². The number of allylic oxidation sites excluding steroid dienone is 1. The highest BCUT2D eigenvalue weighted by molar-refractivity contribution is 5.94. The predicted octanol–water partition coefficient (Wildman–Crippen LogP) is 5.67. The van der Waals surface area contributed by atoms with Crippen LogP contribution in [0.5, 0.6) is 0 Å². The molecule has 250 valence electrons. The van der Waals surface area contributed by atoms with Gasteiger partial charge in [-0.25, -0.2) is 4.79 Å². The topological polar surface area (TPSA) is 104 Å². The van der Waals surface area contributed by atoms with Gasteiger partial charge in [0.2, 0.25) is 0 Å². The SMILES string of the molecule is CC1=CC23CCCC(C)C(C)(C)C(/C=C/COC(C)(C)OCC2(N)C1OC(=O)N(C)C1CCN(COC(C)(C)C)CC1)C3=O. The number of ketones is 1. The highest BCUT2D eigenvalue weighted by Crippen LogP contribution is 2.55. The van der Waals surface area contributed by atoms with Crippen molar-refractivity contribution in [2.75, 3.05) is 40.1 Å². The van der Waals surface area contributed by atoms with Gasteiger partial charge in [0, 0.05) is 32.1 Å². The molecule has 2 N–H and O–H groups in total. The third kappa shape index (κ3) is 6.97. The number of carbonyl (C=O) groups excluding carboxylic acids is 2. The lowest BCUT2D eigenvalue weighted by molar-refractivity contribution is -0.224. The first kappa shape index (κ1) is 35.1. The summed E-state index contributed by atoms with van der Waals surface area (Å²) in [6.45, 7) is 21.0. The van der Waals surface area contributed by atoms with Crippen molar-refractivity contribution in [2.24, 2.45) is 28.4 Å². The first-order valence-electron chi connectivity index (χ1n) is 16.6. The van der Waals surface area contributed by atoms with E-state index in [2.05, 4.69) is 46.4 Å². The first-order chi connectivity index (χ1) is 20.3. The molecular weight excluding hydrogens is 558 g/mol. The summed E-state index contributed by atoms with van der Waals surface area (Å²) in [6, 6.07) is 0.0396. The van der Waals surface area contributed by atoms with E-state index in [-0.39, 0.29) is 35.4 Å². The van der Waals surface area contributed by atoms with E-state index in [9.17, 15) is 9.59 Å². The zero-order valence-corrected chi connectivity index (χ0v) is 29.0. The van der Waals surface area contributed by atoms with Crippen LogP contribution in [0.4, 0.5) is 4.79 Å². The van der Waals surface area contributed by atoms with Crippen LogP contribution < -0.4 is 5.73 Å². The van der Waals surface area contributed by atoms with Gasteiger partial charge in [0.05, 0.1) is 36.5 Å². The fourth-order valence-electron chi connectivity index (χ4n) is 7.52. The van der Waals surface area contributed by atoms with Gasteiger partial charge >= 0.3 is 6.09 Å². The van der Waals surface area contributed by atoms with Crippen molar-refractivity contribution in [3.05, 3.63) is 23.8 Å². The molecule has 1 spiro atoms. The molecule has 5 atom stereocenters. The van der Waals surface area contributed by atoms with Crippen LogP contribution in [0.25, 0.3) is 0 Å². The van der Waals surface area contributed by atoms with Crippen molar-refractivity contribution < 1.29 is 28.5 Å². The Kier molecular flexibility index (Phi) is 10.2. The summed E-state index contributed by atoms with van der Waals surface area (Å²) in [7, 11) is 1.80. The lowest BCUT2D eigenvalue weighted by Gasteiger charge is -2.50. The number of hydrogen-bond acceptors (Lipinski definition) is 8.